The molecule has 0 atom stereocenters. The Kier molecular flexibility index (Phi) is 9.78. The summed E-state index contributed by atoms with van der Waals surface area (Å²) in [6.07, 6.45) is -3.59. The molecule has 1 aromatic rings. The van der Waals surface area contributed by atoms with Gasteiger partial charge in [0.1, 0.15) is 6.54 Å². The van der Waals surface area contributed by atoms with Crippen molar-refractivity contribution in [1.29, 1.82) is 0 Å². The maximum atomic E-state index is 12.7. The number of halogens is 3. The van der Waals surface area contributed by atoms with Crippen molar-refractivity contribution in [3.05, 3.63) is 35.4 Å². The number of benzene rings is 1. The first kappa shape index (κ1) is 23.7. The van der Waals surface area contributed by atoms with E-state index >= 15 is 0 Å². The molecule has 0 saturated heterocycles. The Bertz CT molecular complexity index is 631. The van der Waals surface area contributed by atoms with Crippen LogP contribution >= 0.6 is 0 Å². The highest BCUT2D eigenvalue weighted by Gasteiger charge is 2.29. The van der Waals surface area contributed by atoms with Gasteiger partial charge >= 0.3 is 6.18 Å². The number of nitrogens with one attached hydrogen (secondary N) is 1. The van der Waals surface area contributed by atoms with Crippen LogP contribution in [-0.2, 0) is 22.3 Å². The van der Waals surface area contributed by atoms with E-state index in [-0.39, 0.29) is 12.5 Å². The number of carbonyl (C=O) groups excluding carboxylic acids is 1. The van der Waals surface area contributed by atoms with Gasteiger partial charge in [-0.25, -0.2) is 4.99 Å². The fourth-order valence-electron chi connectivity index (χ4n) is 2.26. The summed E-state index contributed by atoms with van der Waals surface area (Å²) >= 11 is 0. The third-order valence-corrected chi connectivity index (χ3v) is 3.88. The van der Waals surface area contributed by atoms with Crippen LogP contribution in [0, 0.1) is 0 Å². The van der Waals surface area contributed by atoms with Crippen molar-refractivity contribution >= 4 is 11.9 Å². The maximum absolute atomic E-state index is 12.7. The summed E-state index contributed by atoms with van der Waals surface area (Å²) in [5, 5.41) is 3.17. The van der Waals surface area contributed by atoms with E-state index in [0.29, 0.717) is 37.8 Å². The van der Waals surface area contributed by atoms with Crippen LogP contribution in [0.25, 0.3) is 0 Å². The van der Waals surface area contributed by atoms with Crippen molar-refractivity contribution in [3.8, 4) is 0 Å². The lowest BCUT2D eigenvalue weighted by Crippen LogP contribution is -2.40. The molecule has 1 rings (SSSR count). The van der Waals surface area contributed by atoms with E-state index in [0.717, 1.165) is 18.6 Å². The van der Waals surface area contributed by atoms with Gasteiger partial charge in [0.05, 0.1) is 5.56 Å². The van der Waals surface area contributed by atoms with E-state index < -0.39 is 11.7 Å². The lowest BCUT2D eigenvalue weighted by Gasteiger charge is -2.23. The highest BCUT2D eigenvalue weighted by Crippen LogP contribution is 2.29. The lowest BCUT2D eigenvalue weighted by atomic mass is 10.1. The summed E-state index contributed by atoms with van der Waals surface area (Å²) in [7, 11) is 5.07. The van der Waals surface area contributed by atoms with Crippen LogP contribution in [0.5, 0.6) is 0 Å². The lowest BCUT2D eigenvalue weighted by molar-refractivity contribution is -0.137. The number of nitrogens with zero attached hydrogens (tertiary/aromatic N) is 3. The van der Waals surface area contributed by atoms with Crippen molar-refractivity contribution < 1.29 is 22.7 Å². The topological polar surface area (TPSA) is 57.2 Å². The van der Waals surface area contributed by atoms with Crippen LogP contribution in [-0.4, -0.2) is 69.1 Å². The van der Waals surface area contributed by atoms with Gasteiger partial charge in [-0.1, -0.05) is 12.1 Å². The standard InChI is InChI=1S/C19H29F3N4O2/c1-5-28-12-6-11-23-18(24-13-17(27)25(2)3)26(4)14-15-7-9-16(10-8-15)19(20,21)22/h7-10H,5-6,11-14H2,1-4H3,(H,23,24). The quantitative estimate of drug-likeness (QED) is 0.392. The monoisotopic (exact) mass is 402 g/mol. The molecular weight excluding hydrogens is 373 g/mol. The number of ether oxygens (including phenoxy) is 1. The SMILES string of the molecule is CCOCCCNC(=NCC(=O)N(C)C)N(C)Cc1ccc(C(F)(F)F)cc1. The Balaban J connectivity index is 2.77. The third-order valence-electron chi connectivity index (χ3n) is 3.88. The molecule has 0 aliphatic carbocycles. The normalized spacial score (nSPS) is 12.0. The molecule has 158 valence electrons. The third kappa shape index (κ3) is 8.60. The minimum Gasteiger partial charge on any atom is -0.382 e. The average Bonchev–Trinajstić information content (AvgIpc) is 2.63. The number of aliphatic imine (C=N–C) groups is 1. The second kappa shape index (κ2) is 11.5. The number of alkyl halides is 3. The number of likely N-dealkylation sites (N-methyl/N-ethyl adjacent to an activating group) is 1. The number of rotatable bonds is 9. The van der Waals surface area contributed by atoms with E-state index in [1.165, 1.54) is 17.0 Å². The van der Waals surface area contributed by atoms with Crippen molar-refractivity contribution in [2.45, 2.75) is 26.1 Å². The maximum Gasteiger partial charge on any atom is 0.416 e. The van der Waals surface area contributed by atoms with Crippen molar-refractivity contribution in [2.75, 3.05) is 47.4 Å². The minimum atomic E-state index is -4.36. The molecule has 28 heavy (non-hydrogen) atoms. The summed E-state index contributed by atoms with van der Waals surface area (Å²) in [5.74, 6) is 0.364. The predicted molar refractivity (Wildman–Crippen MR) is 103 cm³/mol. The molecule has 0 aromatic heterocycles. The van der Waals surface area contributed by atoms with Crippen LogP contribution in [0.2, 0.25) is 0 Å². The van der Waals surface area contributed by atoms with E-state index in [1.54, 1.807) is 26.0 Å². The van der Waals surface area contributed by atoms with Crippen molar-refractivity contribution in [2.24, 2.45) is 4.99 Å². The first-order chi connectivity index (χ1) is 13.1. The largest absolute Gasteiger partial charge is 0.416 e. The molecule has 0 radical (unpaired) electrons. The van der Waals surface area contributed by atoms with Crippen LogP contribution in [0.4, 0.5) is 13.2 Å². The van der Waals surface area contributed by atoms with E-state index in [2.05, 4.69) is 10.3 Å². The predicted octanol–water partition coefficient (Wildman–Crippen LogP) is 2.60. The van der Waals surface area contributed by atoms with Gasteiger partial charge in [0.15, 0.2) is 5.96 Å². The minimum absolute atomic E-state index is 0.0157. The molecule has 6 nitrogen and oxygen atoms in total. The summed E-state index contributed by atoms with van der Waals surface area (Å²) < 4.78 is 43.4. The van der Waals surface area contributed by atoms with Gasteiger partial charge in [-0.15, -0.1) is 0 Å². The number of hydrogen-bond donors (Lipinski definition) is 1. The zero-order chi connectivity index (χ0) is 21.2. The number of guanidine groups is 1. The first-order valence-corrected chi connectivity index (χ1v) is 9.08. The number of hydrogen-bond acceptors (Lipinski definition) is 3. The van der Waals surface area contributed by atoms with Crippen LogP contribution in [0.1, 0.15) is 24.5 Å². The van der Waals surface area contributed by atoms with Gasteiger partial charge in [-0.05, 0) is 31.0 Å². The average molecular weight is 402 g/mol. The molecule has 1 aromatic carbocycles. The molecule has 0 aliphatic heterocycles. The van der Waals surface area contributed by atoms with Crippen molar-refractivity contribution in [1.82, 2.24) is 15.1 Å². The van der Waals surface area contributed by atoms with Crippen molar-refractivity contribution in [3.63, 3.8) is 0 Å². The molecule has 1 N–H and O–H groups in total. The van der Waals surface area contributed by atoms with Gasteiger partial charge in [0.2, 0.25) is 5.91 Å². The molecule has 0 spiro atoms. The van der Waals surface area contributed by atoms with Crippen LogP contribution in [0.3, 0.4) is 0 Å². The van der Waals surface area contributed by atoms with Gasteiger partial charge in [-0.3, -0.25) is 4.79 Å². The van der Waals surface area contributed by atoms with Gasteiger partial charge in [0.25, 0.3) is 0 Å². The summed E-state index contributed by atoms with van der Waals surface area (Å²) in [4.78, 5) is 19.4. The Morgan fingerprint density at radius 2 is 1.82 bits per heavy atom. The molecular formula is C19H29F3N4O2. The zero-order valence-corrected chi connectivity index (χ0v) is 16.8. The summed E-state index contributed by atoms with van der Waals surface area (Å²) in [6.45, 7) is 4.11. The molecule has 0 heterocycles. The second-order valence-electron chi connectivity index (χ2n) is 6.46. The molecule has 0 aliphatic rings. The highest BCUT2D eigenvalue weighted by molar-refractivity contribution is 5.84. The highest BCUT2D eigenvalue weighted by atomic mass is 19.4. The fraction of sp³-hybridized carbons (Fsp3) is 0.579. The van der Waals surface area contributed by atoms with E-state index in [9.17, 15) is 18.0 Å². The van der Waals surface area contributed by atoms with Crippen LogP contribution in [0.15, 0.2) is 29.3 Å². The Hall–Kier alpha value is -2.29. The number of carbonyl (C=O) groups is 1. The summed E-state index contributed by atoms with van der Waals surface area (Å²) in [5.41, 5.74) is 0.0247. The smallest absolute Gasteiger partial charge is 0.382 e. The fourth-order valence-corrected chi connectivity index (χ4v) is 2.26. The first-order valence-electron chi connectivity index (χ1n) is 9.08. The van der Waals surface area contributed by atoms with Gasteiger partial charge in [-0.2, -0.15) is 13.2 Å². The molecule has 0 bridgehead atoms. The van der Waals surface area contributed by atoms with Gasteiger partial charge in [0, 0.05) is 47.4 Å². The molecule has 1 amide bonds. The Morgan fingerprint density at radius 3 is 2.36 bits per heavy atom. The Labute approximate surface area is 164 Å². The zero-order valence-electron chi connectivity index (χ0n) is 16.8. The van der Waals surface area contributed by atoms with E-state index in [4.69, 9.17) is 4.74 Å². The molecule has 9 heteroatoms. The number of amides is 1. The molecule has 0 saturated carbocycles. The molecule has 0 fully saturated rings. The summed E-state index contributed by atoms with van der Waals surface area (Å²) in [6, 6.07) is 5.00. The molecule has 0 unspecified atom stereocenters. The Morgan fingerprint density at radius 1 is 1.18 bits per heavy atom. The van der Waals surface area contributed by atoms with Gasteiger partial charge < -0.3 is 19.9 Å². The van der Waals surface area contributed by atoms with E-state index in [1.807, 2.05) is 6.92 Å². The van der Waals surface area contributed by atoms with Crippen LogP contribution < -0.4 is 5.32 Å². The second-order valence-corrected chi connectivity index (χ2v) is 6.46.